The van der Waals surface area contributed by atoms with Gasteiger partial charge in [-0.05, 0) is 39.7 Å². The van der Waals surface area contributed by atoms with Gasteiger partial charge in [0, 0.05) is 16.8 Å². The van der Waals surface area contributed by atoms with Gasteiger partial charge in [0.1, 0.15) is 5.02 Å². The molecule has 2 aromatic rings. The molecule has 0 unspecified atom stereocenters. The molecule has 0 aliphatic heterocycles. The Balaban J connectivity index is 2.20. The summed E-state index contributed by atoms with van der Waals surface area (Å²) in [5.74, 6) is 0. The Bertz CT molecular complexity index is 715. The summed E-state index contributed by atoms with van der Waals surface area (Å²) in [5.41, 5.74) is 1.33. The van der Waals surface area contributed by atoms with Gasteiger partial charge in [0.05, 0.1) is 10.6 Å². The standard InChI is InChI=1S/C15H10BrClN2O2/c16-12(8-11-4-2-1-3-5-11)10-18-13-6-7-14(17)15(9-13)19(20)21/h1-10H/b12-8-,18-10?. The first kappa shape index (κ1) is 15.4. The molecule has 0 aliphatic carbocycles. The summed E-state index contributed by atoms with van der Waals surface area (Å²) in [6.07, 6.45) is 3.48. The minimum absolute atomic E-state index is 0.0952. The van der Waals surface area contributed by atoms with Gasteiger partial charge < -0.3 is 0 Å². The van der Waals surface area contributed by atoms with Gasteiger partial charge in [-0.25, -0.2) is 0 Å². The van der Waals surface area contributed by atoms with Gasteiger partial charge in [0.25, 0.3) is 5.69 Å². The second kappa shape index (κ2) is 7.15. The topological polar surface area (TPSA) is 55.5 Å². The van der Waals surface area contributed by atoms with Crippen molar-refractivity contribution in [1.29, 1.82) is 0 Å². The molecule has 0 spiro atoms. The molecule has 0 aromatic heterocycles. The lowest BCUT2D eigenvalue weighted by atomic mass is 10.2. The minimum Gasteiger partial charge on any atom is -0.258 e. The van der Waals surface area contributed by atoms with Crippen LogP contribution < -0.4 is 0 Å². The molecule has 2 rings (SSSR count). The first-order chi connectivity index (χ1) is 10.1. The number of nitro benzene ring substituents is 1. The zero-order valence-electron chi connectivity index (χ0n) is 10.7. The van der Waals surface area contributed by atoms with Crippen LogP contribution >= 0.6 is 27.5 Å². The highest BCUT2D eigenvalue weighted by molar-refractivity contribution is 9.12. The third-order valence-corrected chi connectivity index (χ3v) is 3.32. The van der Waals surface area contributed by atoms with Gasteiger partial charge in [-0.3, -0.25) is 15.1 Å². The first-order valence-electron chi connectivity index (χ1n) is 5.96. The number of halogens is 2. The monoisotopic (exact) mass is 364 g/mol. The molecular weight excluding hydrogens is 356 g/mol. The highest BCUT2D eigenvalue weighted by atomic mass is 79.9. The number of allylic oxidation sites excluding steroid dienone is 1. The number of hydrogen-bond donors (Lipinski definition) is 0. The lowest BCUT2D eigenvalue weighted by Gasteiger charge is -1.97. The van der Waals surface area contributed by atoms with E-state index in [0.29, 0.717) is 5.69 Å². The van der Waals surface area contributed by atoms with Gasteiger partial charge in [0.2, 0.25) is 0 Å². The molecule has 0 radical (unpaired) electrons. The molecule has 0 saturated heterocycles. The summed E-state index contributed by atoms with van der Waals surface area (Å²) in [4.78, 5) is 14.5. The SMILES string of the molecule is O=[N+]([O-])c1cc(N=C/C(Br)=C/c2ccccc2)ccc1Cl. The van der Waals surface area contributed by atoms with E-state index in [2.05, 4.69) is 20.9 Å². The summed E-state index contributed by atoms with van der Waals surface area (Å²) in [7, 11) is 0. The molecule has 0 heterocycles. The predicted octanol–water partition coefficient (Wildman–Crippen LogP) is 5.39. The van der Waals surface area contributed by atoms with Crippen molar-refractivity contribution in [3.8, 4) is 0 Å². The van der Waals surface area contributed by atoms with Crippen LogP contribution in [-0.4, -0.2) is 11.1 Å². The van der Waals surface area contributed by atoms with Crippen molar-refractivity contribution in [2.75, 3.05) is 0 Å². The van der Waals surface area contributed by atoms with Crippen molar-refractivity contribution in [1.82, 2.24) is 0 Å². The van der Waals surface area contributed by atoms with Gasteiger partial charge in [0.15, 0.2) is 0 Å². The number of nitro groups is 1. The van der Waals surface area contributed by atoms with Crippen molar-refractivity contribution >= 4 is 51.2 Å². The molecule has 0 amide bonds. The van der Waals surface area contributed by atoms with E-state index < -0.39 is 4.92 Å². The molecule has 21 heavy (non-hydrogen) atoms. The number of nitrogens with zero attached hydrogens (tertiary/aromatic N) is 2. The molecule has 0 atom stereocenters. The largest absolute Gasteiger partial charge is 0.290 e. The van der Waals surface area contributed by atoms with Gasteiger partial charge in [-0.1, -0.05) is 41.9 Å². The van der Waals surface area contributed by atoms with E-state index >= 15 is 0 Å². The Labute approximate surface area is 135 Å². The van der Waals surface area contributed by atoms with Crippen molar-refractivity contribution in [3.63, 3.8) is 0 Å². The normalized spacial score (nSPS) is 11.8. The molecule has 0 saturated carbocycles. The van der Waals surface area contributed by atoms with Crippen LogP contribution in [-0.2, 0) is 0 Å². The van der Waals surface area contributed by atoms with E-state index in [-0.39, 0.29) is 10.7 Å². The second-order valence-corrected chi connectivity index (χ2v) is 5.41. The zero-order chi connectivity index (χ0) is 15.2. The fourth-order valence-corrected chi connectivity index (χ4v) is 2.16. The molecule has 0 fully saturated rings. The van der Waals surface area contributed by atoms with Crippen molar-refractivity contribution in [2.24, 2.45) is 4.99 Å². The molecule has 0 N–H and O–H groups in total. The third-order valence-electron chi connectivity index (χ3n) is 2.57. The minimum atomic E-state index is -0.532. The lowest BCUT2D eigenvalue weighted by Crippen LogP contribution is -1.88. The highest BCUT2D eigenvalue weighted by Crippen LogP contribution is 2.28. The summed E-state index contributed by atoms with van der Waals surface area (Å²) in [5, 5.41) is 10.9. The molecule has 0 aliphatic rings. The van der Waals surface area contributed by atoms with Crippen molar-refractivity contribution in [3.05, 3.63) is 73.7 Å². The highest BCUT2D eigenvalue weighted by Gasteiger charge is 2.11. The summed E-state index contributed by atoms with van der Waals surface area (Å²) >= 11 is 9.13. The number of aliphatic imine (C=N–C) groups is 1. The van der Waals surface area contributed by atoms with Gasteiger partial charge in [-0.15, -0.1) is 0 Å². The molecular formula is C15H10BrClN2O2. The maximum absolute atomic E-state index is 10.8. The molecule has 6 heteroatoms. The average Bonchev–Trinajstić information content (AvgIpc) is 2.47. The zero-order valence-corrected chi connectivity index (χ0v) is 13.1. The lowest BCUT2D eigenvalue weighted by molar-refractivity contribution is -0.384. The number of hydrogen-bond acceptors (Lipinski definition) is 3. The van der Waals surface area contributed by atoms with Crippen LogP contribution in [0.1, 0.15) is 5.56 Å². The van der Waals surface area contributed by atoms with Gasteiger partial charge >= 0.3 is 0 Å². The molecule has 106 valence electrons. The summed E-state index contributed by atoms with van der Waals surface area (Å²) in [6.45, 7) is 0. The van der Waals surface area contributed by atoms with Crippen molar-refractivity contribution in [2.45, 2.75) is 0 Å². The molecule has 2 aromatic carbocycles. The quantitative estimate of drug-likeness (QED) is 0.414. The summed E-state index contributed by atoms with van der Waals surface area (Å²) < 4.78 is 0.756. The fraction of sp³-hybridized carbons (Fsp3) is 0. The van der Waals surface area contributed by atoms with Crippen LogP contribution in [0.4, 0.5) is 11.4 Å². The van der Waals surface area contributed by atoms with E-state index in [4.69, 9.17) is 11.6 Å². The maximum atomic E-state index is 10.8. The van der Waals surface area contributed by atoms with E-state index in [1.807, 2.05) is 36.4 Å². The second-order valence-electron chi connectivity index (χ2n) is 4.09. The average molecular weight is 366 g/mol. The van der Waals surface area contributed by atoms with Crippen molar-refractivity contribution < 1.29 is 4.92 Å². The Morgan fingerprint density at radius 2 is 1.95 bits per heavy atom. The van der Waals surface area contributed by atoms with Crippen LogP contribution in [0.3, 0.4) is 0 Å². The summed E-state index contributed by atoms with van der Waals surface area (Å²) in [6, 6.07) is 14.1. The Hall–Kier alpha value is -1.98. The van der Waals surface area contributed by atoms with E-state index in [1.165, 1.54) is 12.1 Å². The van der Waals surface area contributed by atoms with Crippen LogP contribution in [0.2, 0.25) is 5.02 Å². The number of benzene rings is 2. The van der Waals surface area contributed by atoms with Crippen LogP contribution in [0.25, 0.3) is 6.08 Å². The predicted molar refractivity (Wildman–Crippen MR) is 89.6 cm³/mol. The Morgan fingerprint density at radius 3 is 2.62 bits per heavy atom. The van der Waals surface area contributed by atoms with Crippen LogP contribution in [0, 0.1) is 10.1 Å². The van der Waals surface area contributed by atoms with E-state index in [9.17, 15) is 10.1 Å². The fourth-order valence-electron chi connectivity index (χ4n) is 1.60. The Morgan fingerprint density at radius 1 is 1.24 bits per heavy atom. The van der Waals surface area contributed by atoms with Gasteiger partial charge in [-0.2, -0.15) is 0 Å². The molecule has 0 bridgehead atoms. The smallest absolute Gasteiger partial charge is 0.258 e. The van der Waals surface area contributed by atoms with Crippen LogP contribution in [0.15, 0.2) is 58.0 Å². The first-order valence-corrected chi connectivity index (χ1v) is 7.13. The molecule has 4 nitrogen and oxygen atoms in total. The number of rotatable bonds is 4. The third kappa shape index (κ3) is 4.51. The van der Waals surface area contributed by atoms with Crippen LogP contribution in [0.5, 0.6) is 0 Å². The van der Waals surface area contributed by atoms with E-state index in [0.717, 1.165) is 10.0 Å². The maximum Gasteiger partial charge on any atom is 0.290 e. The Kier molecular flexibility index (Phi) is 5.25. The van der Waals surface area contributed by atoms with E-state index in [1.54, 1.807) is 12.3 Å².